The summed E-state index contributed by atoms with van der Waals surface area (Å²) < 4.78 is 5.36. The molecule has 2 aromatic carbocycles. The second-order valence-electron chi connectivity index (χ2n) is 6.85. The molecule has 1 amide bonds. The standard InChI is InChI=1S/C22H20N2O3/c1-15(25)16-7-9-18(10-8-16)21-20(13-23-27-21)22(26)24-12-11-19(14-24)17-5-3-2-4-6-17/h2-10,13,19H,11-12,14H2,1H3. The van der Waals surface area contributed by atoms with Gasteiger partial charge in [0.05, 0.1) is 6.20 Å². The molecule has 1 aliphatic heterocycles. The summed E-state index contributed by atoms with van der Waals surface area (Å²) in [6.07, 6.45) is 2.43. The SMILES string of the molecule is CC(=O)c1ccc(-c2oncc2C(=O)N2CCC(c3ccccc3)C2)cc1. The van der Waals surface area contributed by atoms with Crippen molar-refractivity contribution in [1.29, 1.82) is 0 Å². The van der Waals surface area contributed by atoms with Crippen LogP contribution in [0.3, 0.4) is 0 Å². The zero-order chi connectivity index (χ0) is 18.8. The molecule has 3 aromatic rings. The molecule has 0 spiro atoms. The number of amides is 1. The molecule has 0 bridgehead atoms. The van der Waals surface area contributed by atoms with E-state index in [1.54, 1.807) is 24.3 Å². The smallest absolute Gasteiger partial charge is 0.259 e. The first-order valence-corrected chi connectivity index (χ1v) is 9.04. The molecule has 0 aliphatic carbocycles. The van der Waals surface area contributed by atoms with Crippen molar-refractivity contribution in [3.05, 3.63) is 77.5 Å². The van der Waals surface area contributed by atoms with Gasteiger partial charge in [0.15, 0.2) is 11.5 Å². The molecule has 27 heavy (non-hydrogen) atoms. The van der Waals surface area contributed by atoms with Gasteiger partial charge in [-0.25, -0.2) is 0 Å². The van der Waals surface area contributed by atoms with Crippen molar-refractivity contribution in [1.82, 2.24) is 10.1 Å². The minimum Gasteiger partial charge on any atom is -0.355 e. The number of ketones is 1. The van der Waals surface area contributed by atoms with Crippen molar-refractivity contribution in [2.24, 2.45) is 0 Å². The minimum atomic E-state index is -0.0691. The maximum atomic E-state index is 13.0. The van der Waals surface area contributed by atoms with E-state index in [1.165, 1.54) is 18.7 Å². The molecule has 1 saturated heterocycles. The molecule has 5 heteroatoms. The minimum absolute atomic E-state index is 0.000518. The Morgan fingerprint density at radius 3 is 2.52 bits per heavy atom. The monoisotopic (exact) mass is 360 g/mol. The molecule has 1 unspecified atom stereocenters. The molecule has 1 atom stereocenters. The van der Waals surface area contributed by atoms with Crippen LogP contribution in [-0.2, 0) is 0 Å². The average Bonchev–Trinajstić information content (AvgIpc) is 3.38. The van der Waals surface area contributed by atoms with E-state index in [0.29, 0.717) is 35.9 Å². The van der Waals surface area contributed by atoms with Crippen molar-refractivity contribution < 1.29 is 14.1 Å². The van der Waals surface area contributed by atoms with Gasteiger partial charge in [-0.05, 0) is 18.9 Å². The Hall–Kier alpha value is -3.21. The third-order valence-corrected chi connectivity index (χ3v) is 5.10. The summed E-state index contributed by atoms with van der Waals surface area (Å²) in [5.74, 6) is 0.728. The molecular weight excluding hydrogens is 340 g/mol. The highest BCUT2D eigenvalue weighted by atomic mass is 16.5. The molecule has 1 aliphatic rings. The van der Waals surface area contributed by atoms with Crippen LogP contribution in [-0.4, -0.2) is 34.8 Å². The molecule has 0 saturated carbocycles. The maximum Gasteiger partial charge on any atom is 0.259 e. The maximum absolute atomic E-state index is 13.0. The molecule has 136 valence electrons. The highest BCUT2D eigenvalue weighted by Crippen LogP contribution is 2.30. The van der Waals surface area contributed by atoms with Crippen molar-refractivity contribution in [3.8, 4) is 11.3 Å². The second kappa shape index (κ2) is 7.19. The molecule has 0 radical (unpaired) electrons. The van der Waals surface area contributed by atoms with E-state index in [9.17, 15) is 9.59 Å². The van der Waals surface area contributed by atoms with Gasteiger partial charge in [0.2, 0.25) is 0 Å². The predicted molar refractivity (Wildman–Crippen MR) is 102 cm³/mol. The number of carbonyl (C=O) groups excluding carboxylic acids is 2. The van der Waals surface area contributed by atoms with Gasteiger partial charge in [-0.1, -0.05) is 59.8 Å². The van der Waals surface area contributed by atoms with E-state index >= 15 is 0 Å². The lowest BCUT2D eigenvalue weighted by Gasteiger charge is -2.16. The van der Waals surface area contributed by atoms with Gasteiger partial charge in [-0.3, -0.25) is 9.59 Å². The number of aromatic nitrogens is 1. The number of Topliss-reactive ketones (excluding diaryl/α,β-unsaturated/α-hetero) is 1. The third-order valence-electron chi connectivity index (χ3n) is 5.10. The number of hydrogen-bond acceptors (Lipinski definition) is 4. The summed E-state index contributed by atoms with van der Waals surface area (Å²) >= 11 is 0. The van der Waals surface area contributed by atoms with Crippen LogP contribution < -0.4 is 0 Å². The van der Waals surface area contributed by atoms with E-state index in [2.05, 4.69) is 17.3 Å². The quantitative estimate of drug-likeness (QED) is 0.655. The summed E-state index contributed by atoms with van der Waals surface area (Å²) in [6, 6.07) is 17.3. The Morgan fingerprint density at radius 1 is 1.07 bits per heavy atom. The summed E-state index contributed by atoms with van der Waals surface area (Å²) in [6.45, 7) is 2.93. The Kier molecular flexibility index (Phi) is 4.59. The molecule has 4 rings (SSSR count). The topological polar surface area (TPSA) is 63.4 Å². The predicted octanol–water partition coefficient (Wildman–Crippen LogP) is 4.17. The lowest BCUT2D eigenvalue weighted by molar-refractivity contribution is 0.0790. The zero-order valence-corrected chi connectivity index (χ0v) is 15.1. The molecule has 5 nitrogen and oxygen atoms in total. The number of hydrogen-bond donors (Lipinski definition) is 0. The van der Waals surface area contributed by atoms with Crippen LogP contribution in [0.15, 0.2) is 65.3 Å². The van der Waals surface area contributed by atoms with Crippen LogP contribution >= 0.6 is 0 Å². The van der Waals surface area contributed by atoms with Crippen LogP contribution in [0.4, 0.5) is 0 Å². The number of benzene rings is 2. The lowest BCUT2D eigenvalue weighted by atomic mass is 9.99. The molecular formula is C22H20N2O3. The van der Waals surface area contributed by atoms with Gasteiger partial charge >= 0.3 is 0 Å². The van der Waals surface area contributed by atoms with E-state index in [1.807, 2.05) is 23.1 Å². The van der Waals surface area contributed by atoms with Crippen LogP contribution in [0.2, 0.25) is 0 Å². The third kappa shape index (κ3) is 3.40. The van der Waals surface area contributed by atoms with Crippen LogP contribution in [0.1, 0.15) is 45.5 Å². The lowest BCUT2D eigenvalue weighted by Crippen LogP contribution is -2.28. The second-order valence-corrected chi connectivity index (χ2v) is 6.85. The summed E-state index contributed by atoms with van der Waals surface area (Å²) in [5.41, 5.74) is 3.08. The van der Waals surface area contributed by atoms with Crippen LogP contribution in [0.5, 0.6) is 0 Å². The highest BCUT2D eigenvalue weighted by molar-refractivity contribution is 6.00. The summed E-state index contributed by atoms with van der Waals surface area (Å²) in [7, 11) is 0. The van der Waals surface area contributed by atoms with Crippen LogP contribution in [0, 0.1) is 0 Å². The Balaban J connectivity index is 1.54. The number of rotatable bonds is 4. The van der Waals surface area contributed by atoms with E-state index < -0.39 is 0 Å². The fraction of sp³-hybridized carbons (Fsp3) is 0.227. The van der Waals surface area contributed by atoms with Crippen molar-refractivity contribution >= 4 is 11.7 Å². The first kappa shape index (κ1) is 17.2. The first-order valence-electron chi connectivity index (χ1n) is 9.04. The first-order chi connectivity index (χ1) is 13.1. The molecule has 1 fully saturated rings. The number of carbonyl (C=O) groups is 2. The Bertz CT molecular complexity index is 961. The number of likely N-dealkylation sites (tertiary alicyclic amines) is 1. The van der Waals surface area contributed by atoms with Gasteiger partial charge < -0.3 is 9.42 Å². The molecule has 1 aromatic heterocycles. The summed E-state index contributed by atoms with van der Waals surface area (Å²) in [5, 5.41) is 3.84. The fourth-order valence-corrected chi connectivity index (χ4v) is 3.57. The van der Waals surface area contributed by atoms with Gasteiger partial charge in [0, 0.05) is 30.1 Å². The van der Waals surface area contributed by atoms with Gasteiger partial charge in [0.25, 0.3) is 5.91 Å². The van der Waals surface area contributed by atoms with Gasteiger partial charge in [-0.15, -0.1) is 0 Å². The molecule has 2 heterocycles. The normalized spacial score (nSPS) is 16.5. The van der Waals surface area contributed by atoms with E-state index in [0.717, 1.165) is 12.0 Å². The zero-order valence-electron chi connectivity index (χ0n) is 15.1. The fourth-order valence-electron chi connectivity index (χ4n) is 3.57. The Morgan fingerprint density at radius 2 is 1.81 bits per heavy atom. The largest absolute Gasteiger partial charge is 0.355 e. The Labute approximate surface area is 157 Å². The highest BCUT2D eigenvalue weighted by Gasteiger charge is 2.30. The summed E-state index contributed by atoms with van der Waals surface area (Å²) in [4.78, 5) is 26.3. The van der Waals surface area contributed by atoms with Gasteiger partial charge in [0.1, 0.15) is 5.56 Å². The molecule has 0 N–H and O–H groups in total. The van der Waals surface area contributed by atoms with Crippen molar-refractivity contribution in [3.63, 3.8) is 0 Å². The number of nitrogens with zero attached hydrogens (tertiary/aromatic N) is 2. The van der Waals surface area contributed by atoms with Crippen molar-refractivity contribution in [2.75, 3.05) is 13.1 Å². The van der Waals surface area contributed by atoms with E-state index in [4.69, 9.17) is 4.52 Å². The van der Waals surface area contributed by atoms with Gasteiger partial charge in [-0.2, -0.15) is 0 Å². The van der Waals surface area contributed by atoms with E-state index in [-0.39, 0.29) is 11.7 Å². The van der Waals surface area contributed by atoms with Crippen LogP contribution in [0.25, 0.3) is 11.3 Å². The van der Waals surface area contributed by atoms with Crippen molar-refractivity contribution in [2.45, 2.75) is 19.3 Å². The average molecular weight is 360 g/mol.